The van der Waals surface area contributed by atoms with Crippen molar-refractivity contribution in [2.24, 2.45) is 0 Å². The van der Waals surface area contributed by atoms with Crippen molar-refractivity contribution in [3.63, 3.8) is 0 Å². The second kappa shape index (κ2) is 6.25. The van der Waals surface area contributed by atoms with E-state index in [9.17, 15) is 4.79 Å². The number of likely N-dealkylation sites (N-methyl/N-ethyl adjacent to an activating group) is 1. The second-order valence-corrected chi connectivity index (χ2v) is 6.28. The molecule has 9 heteroatoms. The highest BCUT2D eigenvalue weighted by Crippen LogP contribution is 2.36. The minimum Gasteiger partial charge on any atom is -0.339 e. The van der Waals surface area contributed by atoms with Crippen LogP contribution in [0.3, 0.4) is 0 Å². The zero-order valence-electron chi connectivity index (χ0n) is 12.3. The molecule has 1 amide bonds. The molecule has 23 heavy (non-hydrogen) atoms. The SMILES string of the molecule is CN(Cc1ncc(Cl)cc1Cl)C(=O)C1(c2nn[nH]n2)CC=CC1. The molecule has 0 fully saturated rings. The molecule has 1 aliphatic rings. The number of tetrazole rings is 1. The second-order valence-electron chi connectivity index (χ2n) is 5.44. The maximum atomic E-state index is 13.0. The van der Waals surface area contributed by atoms with Crippen LogP contribution in [-0.4, -0.2) is 43.5 Å². The Balaban J connectivity index is 1.83. The Labute approximate surface area is 142 Å². The first-order valence-electron chi connectivity index (χ1n) is 6.97. The molecule has 0 unspecified atom stereocenters. The zero-order valence-corrected chi connectivity index (χ0v) is 13.8. The number of hydrogen-bond donors (Lipinski definition) is 1. The van der Waals surface area contributed by atoms with Crippen molar-refractivity contribution >= 4 is 29.1 Å². The number of nitrogens with zero attached hydrogens (tertiary/aromatic N) is 5. The summed E-state index contributed by atoms with van der Waals surface area (Å²) >= 11 is 12.0. The molecule has 0 atom stereocenters. The lowest BCUT2D eigenvalue weighted by Crippen LogP contribution is -2.44. The standard InChI is InChI=1S/C14H14Cl2N6O/c1-22(8-11-10(16)6-9(15)7-17-11)13(23)14(4-2-3-5-14)12-18-20-21-19-12/h2-3,6-7H,4-5,8H2,1H3,(H,18,19,20,21). The first-order chi connectivity index (χ1) is 11.0. The highest BCUT2D eigenvalue weighted by atomic mass is 35.5. The number of rotatable bonds is 4. The molecule has 3 rings (SSSR count). The third kappa shape index (κ3) is 2.94. The van der Waals surface area contributed by atoms with Crippen molar-refractivity contribution in [3.05, 3.63) is 46.0 Å². The lowest BCUT2D eigenvalue weighted by Gasteiger charge is -2.29. The van der Waals surface area contributed by atoms with Crippen LogP contribution in [0.5, 0.6) is 0 Å². The number of nitrogens with one attached hydrogen (secondary N) is 1. The number of H-pyrrole nitrogens is 1. The van der Waals surface area contributed by atoms with E-state index >= 15 is 0 Å². The number of allylic oxidation sites excluding steroid dienone is 2. The molecule has 2 heterocycles. The minimum absolute atomic E-state index is 0.100. The predicted molar refractivity (Wildman–Crippen MR) is 85.0 cm³/mol. The summed E-state index contributed by atoms with van der Waals surface area (Å²) in [5, 5.41) is 14.9. The monoisotopic (exact) mass is 352 g/mol. The molecule has 7 nitrogen and oxygen atoms in total. The Morgan fingerprint density at radius 3 is 2.74 bits per heavy atom. The largest absolute Gasteiger partial charge is 0.339 e. The van der Waals surface area contributed by atoms with Gasteiger partial charge in [0, 0.05) is 13.2 Å². The maximum Gasteiger partial charge on any atom is 0.237 e. The first kappa shape index (κ1) is 15.9. The summed E-state index contributed by atoms with van der Waals surface area (Å²) in [6.45, 7) is 0.272. The molecule has 0 aromatic carbocycles. The highest BCUT2D eigenvalue weighted by Gasteiger charge is 2.46. The number of aromatic nitrogens is 5. The average Bonchev–Trinajstić information content (AvgIpc) is 3.20. The molecule has 0 radical (unpaired) electrons. The van der Waals surface area contributed by atoms with Crippen LogP contribution in [-0.2, 0) is 16.8 Å². The Morgan fingerprint density at radius 1 is 1.39 bits per heavy atom. The van der Waals surface area contributed by atoms with Crippen molar-refractivity contribution in [2.45, 2.75) is 24.8 Å². The number of halogens is 2. The van der Waals surface area contributed by atoms with Crippen LogP contribution >= 0.6 is 23.2 Å². The van der Waals surface area contributed by atoms with Gasteiger partial charge in [-0.1, -0.05) is 40.6 Å². The fourth-order valence-electron chi connectivity index (χ4n) is 2.69. The van der Waals surface area contributed by atoms with Gasteiger partial charge in [0.2, 0.25) is 5.91 Å². The lowest BCUT2D eigenvalue weighted by atomic mass is 9.83. The van der Waals surface area contributed by atoms with Crippen molar-refractivity contribution in [1.29, 1.82) is 0 Å². The van der Waals surface area contributed by atoms with Crippen LogP contribution in [0.15, 0.2) is 24.4 Å². The number of aromatic amines is 1. The quantitative estimate of drug-likeness (QED) is 0.851. The zero-order chi connectivity index (χ0) is 16.4. The van der Waals surface area contributed by atoms with Gasteiger partial charge in [-0.3, -0.25) is 9.78 Å². The summed E-state index contributed by atoms with van der Waals surface area (Å²) in [4.78, 5) is 18.8. The third-order valence-electron chi connectivity index (χ3n) is 3.90. The number of carbonyl (C=O) groups excluding carboxylic acids is 1. The smallest absolute Gasteiger partial charge is 0.237 e. The van der Waals surface area contributed by atoms with Gasteiger partial charge in [0.05, 0.1) is 22.3 Å². The van der Waals surface area contributed by atoms with Crippen molar-refractivity contribution in [1.82, 2.24) is 30.5 Å². The van der Waals surface area contributed by atoms with E-state index in [1.54, 1.807) is 18.0 Å². The van der Waals surface area contributed by atoms with E-state index in [0.717, 1.165) is 0 Å². The van der Waals surface area contributed by atoms with Crippen LogP contribution in [0.2, 0.25) is 10.0 Å². The Bertz CT molecular complexity index is 738. The van der Waals surface area contributed by atoms with E-state index in [1.165, 1.54) is 6.20 Å². The van der Waals surface area contributed by atoms with Gasteiger partial charge in [-0.15, -0.1) is 10.2 Å². The van der Waals surface area contributed by atoms with E-state index in [1.807, 2.05) is 12.2 Å². The van der Waals surface area contributed by atoms with Gasteiger partial charge >= 0.3 is 0 Å². The molecule has 1 aliphatic carbocycles. The van der Waals surface area contributed by atoms with Crippen LogP contribution < -0.4 is 0 Å². The summed E-state index contributed by atoms with van der Waals surface area (Å²) in [7, 11) is 1.70. The topological polar surface area (TPSA) is 87.7 Å². The van der Waals surface area contributed by atoms with Crippen LogP contribution in [0.25, 0.3) is 0 Å². The summed E-state index contributed by atoms with van der Waals surface area (Å²) in [6, 6.07) is 1.61. The number of hydrogen-bond acceptors (Lipinski definition) is 5. The molecule has 2 aromatic heterocycles. The molecular formula is C14H14Cl2N6O. The molecular weight excluding hydrogens is 339 g/mol. The third-order valence-corrected chi connectivity index (χ3v) is 4.43. The Kier molecular flexibility index (Phi) is 4.32. The van der Waals surface area contributed by atoms with Gasteiger partial charge in [0.15, 0.2) is 5.82 Å². The van der Waals surface area contributed by atoms with E-state index < -0.39 is 5.41 Å². The molecule has 0 spiro atoms. The van der Waals surface area contributed by atoms with Crippen molar-refractivity contribution in [2.75, 3.05) is 7.05 Å². The van der Waals surface area contributed by atoms with Gasteiger partial charge in [-0.05, 0) is 18.9 Å². The Hall–Kier alpha value is -1.99. The molecule has 0 saturated heterocycles. The van der Waals surface area contributed by atoms with E-state index in [-0.39, 0.29) is 12.5 Å². The first-order valence-corrected chi connectivity index (χ1v) is 7.73. The minimum atomic E-state index is -0.819. The fraction of sp³-hybridized carbons (Fsp3) is 0.357. The summed E-state index contributed by atoms with van der Waals surface area (Å²) in [6.07, 6.45) is 6.49. The predicted octanol–water partition coefficient (Wildman–Crippen LogP) is 2.15. The van der Waals surface area contributed by atoms with Gasteiger partial charge < -0.3 is 4.90 Å². The lowest BCUT2D eigenvalue weighted by molar-refractivity contribution is -0.136. The van der Waals surface area contributed by atoms with Gasteiger partial charge in [-0.2, -0.15) is 5.21 Å². The van der Waals surface area contributed by atoms with Crippen LogP contribution in [0, 0.1) is 0 Å². The summed E-state index contributed by atoms with van der Waals surface area (Å²) in [5.41, 5.74) is -0.234. The highest BCUT2D eigenvalue weighted by molar-refractivity contribution is 6.34. The van der Waals surface area contributed by atoms with Gasteiger partial charge in [0.25, 0.3) is 0 Å². The fourth-order valence-corrected chi connectivity index (χ4v) is 3.13. The normalized spacial score (nSPS) is 15.8. The number of amides is 1. The van der Waals surface area contributed by atoms with Gasteiger partial charge in [-0.25, -0.2) is 0 Å². The Morgan fingerprint density at radius 2 is 2.13 bits per heavy atom. The summed E-state index contributed by atoms with van der Waals surface area (Å²) < 4.78 is 0. The van der Waals surface area contributed by atoms with Gasteiger partial charge in [0.1, 0.15) is 5.41 Å². The number of carbonyl (C=O) groups is 1. The van der Waals surface area contributed by atoms with E-state index in [0.29, 0.717) is 34.4 Å². The molecule has 0 bridgehead atoms. The van der Waals surface area contributed by atoms with Crippen LogP contribution in [0.1, 0.15) is 24.4 Å². The van der Waals surface area contributed by atoms with E-state index in [2.05, 4.69) is 25.6 Å². The van der Waals surface area contributed by atoms with E-state index in [4.69, 9.17) is 23.2 Å². The molecule has 0 saturated carbocycles. The molecule has 1 N–H and O–H groups in total. The number of pyridine rings is 1. The maximum absolute atomic E-state index is 13.0. The molecule has 120 valence electrons. The molecule has 0 aliphatic heterocycles. The van der Waals surface area contributed by atoms with Crippen molar-refractivity contribution in [3.8, 4) is 0 Å². The average molecular weight is 353 g/mol. The summed E-state index contributed by atoms with van der Waals surface area (Å²) in [5.74, 6) is 0.297. The van der Waals surface area contributed by atoms with Crippen molar-refractivity contribution < 1.29 is 4.79 Å². The molecule has 2 aromatic rings. The van der Waals surface area contributed by atoms with Crippen LogP contribution in [0.4, 0.5) is 0 Å².